The molecule has 0 aromatic heterocycles. The zero-order valence-electron chi connectivity index (χ0n) is 12.3. The van der Waals surface area contributed by atoms with E-state index in [1.807, 2.05) is 24.3 Å². The molecule has 0 bridgehead atoms. The van der Waals surface area contributed by atoms with Gasteiger partial charge in [-0.2, -0.15) is 5.26 Å². The minimum Gasteiger partial charge on any atom is -0.351 e. The van der Waals surface area contributed by atoms with Crippen LogP contribution in [0.2, 0.25) is 0 Å². The number of hydrogen-bond acceptors (Lipinski definition) is 2. The fourth-order valence-corrected chi connectivity index (χ4v) is 2.12. The Balaban J connectivity index is 2.05. The molecule has 3 nitrogen and oxygen atoms in total. The summed E-state index contributed by atoms with van der Waals surface area (Å²) < 4.78 is 0. The fraction of sp³-hybridized carbons (Fsp3) is 0.222. The Morgan fingerprint density at radius 3 is 2.52 bits per heavy atom. The summed E-state index contributed by atoms with van der Waals surface area (Å²) in [7, 11) is 0. The number of benzene rings is 2. The van der Waals surface area contributed by atoms with Crippen molar-refractivity contribution in [1.82, 2.24) is 5.32 Å². The standard InChI is InChI=1S/C18H18N2O/c1-18(2,16-9-4-3-5-10-16)13-20-17(21)15-8-6-7-14(11-15)12-19/h3-11H,13H2,1-2H3,(H,20,21). The molecule has 21 heavy (non-hydrogen) atoms. The Bertz CT molecular complexity index is 669. The van der Waals surface area contributed by atoms with E-state index in [-0.39, 0.29) is 11.3 Å². The lowest BCUT2D eigenvalue weighted by atomic mass is 9.84. The average molecular weight is 278 g/mol. The van der Waals surface area contributed by atoms with Gasteiger partial charge in [-0.3, -0.25) is 4.79 Å². The van der Waals surface area contributed by atoms with Gasteiger partial charge in [-0.25, -0.2) is 0 Å². The summed E-state index contributed by atoms with van der Waals surface area (Å²) in [6, 6.07) is 18.8. The molecule has 3 heteroatoms. The van der Waals surface area contributed by atoms with E-state index < -0.39 is 0 Å². The quantitative estimate of drug-likeness (QED) is 0.933. The maximum atomic E-state index is 12.2. The number of nitrogens with one attached hydrogen (secondary N) is 1. The molecular weight excluding hydrogens is 260 g/mol. The maximum absolute atomic E-state index is 12.2. The molecule has 2 rings (SSSR count). The van der Waals surface area contributed by atoms with E-state index in [0.717, 1.165) is 0 Å². The lowest BCUT2D eigenvalue weighted by Gasteiger charge is -2.25. The summed E-state index contributed by atoms with van der Waals surface area (Å²) in [5.41, 5.74) is 2.03. The van der Waals surface area contributed by atoms with Gasteiger partial charge in [0, 0.05) is 17.5 Å². The van der Waals surface area contributed by atoms with Crippen molar-refractivity contribution < 1.29 is 4.79 Å². The van der Waals surface area contributed by atoms with Crippen LogP contribution in [0.25, 0.3) is 0 Å². The van der Waals surface area contributed by atoms with Crippen LogP contribution >= 0.6 is 0 Å². The van der Waals surface area contributed by atoms with E-state index in [4.69, 9.17) is 5.26 Å². The van der Waals surface area contributed by atoms with Crippen molar-refractivity contribution in [2.45, 2.75) is 19.3 Å². The fourth-order valence-electron chi connectivity index (χ4n) is 2.12. The van der Waals surface area contributed by atoms with Crippen molar-refractivity contribution in [3.8, 4) is 6.07 Å². The number of carbonyl (C=O) groups is 1. The van der Waals surface area contributed by atoms with Crippen molar-refractivity contribution in [3.05, 3.63) is 71.3 Å². The van der Waals surface area contributed by atoms with E-state index in [1.165, 1.54) is 5.56 Å². The molecule has 2 aromatic carbocycles. The smallest absolute Gasteiger partial charge is 0.251 e. The molecule has 1 N–H and O–H groups in total. The number of carbonyl (C=O) groups excluding carboxylic acids is 1. The highest BCUT2D eigenvalue weighted by Crippen LogP contribution is 2.21. The summed E-state index contributed by atoms with van der Waals surface area (Å²) in [5.74, 6) is -0.156. The van der Waals surface area contributed by atoms with Crippen molar-refractivity contribution in [2.24, 2.45) is 0 Å². The number of amides is 1. The van der Waals surface area contributed by atoms with Crippen LogP contribution in [0.1, 0.15) is 35.3 Å². The molecule has 0 atom stereocenters. The summed E-state index contributed by atoms with van der Waals surface area (Å²) >= 11 is 0. The van der Waals surface area contributed by atoms with Crippen molar-refractivity contribution in [1.29, 1.82) is 5.26 Å². The molecule has 0 aliphatic carbocycles. The molecule has 0 saturated heterocycles. The van der Waals surface area contributed by atoms with Crippen LogP contribution in [-0.4, -0.2) is 12.5 Å². The van der Waals surface area contributed by atoms with Gasteiger partial charge >= 0.3 is 0 Å². The SMILES string of the molecule is CC(C)(CNC(=O)c1cccc(C#N)c1)c1ccccc1. The van der Waals surface area contributed by atoms with Gasteiger partial charge in [0.1, 0.15) is 0 Å². The molecule has 2 aromatic rings. The molecule has 0 aliphatic heterocycles. The molecule has 106 valence electrons. The lowest BCUT2D eigenvalue weighted by Crippen LogP contribution is -2.36. The number of hydrogen-bond donors (Lipinski definition) is 1. The van der Waals surface area contributed by atoms with Gasteiger partial charge < -0.3 is 5.32 Å². The second-order valence-electron chi connectivity index (χ2n) is 5.63. The second-order valence-corrected chi connectivity index (χ2v) is 5.63. The van der Waals surface area contributed by atoms with Gasteiger partial charge in [-0.1, -0.05) is 50.2 Å². The monoisotopic (exact) mass is 278 g/mol. The summed E-state index contributed by atoms with van der Waals surface area (Å²) in [5, 5.41) is 11.8. The Morgan fingerprint density at radius 1 is 1.14 bits per heavy atom. The van der Waals surface area contributed by atoms with Crippen LogP contribution in [0.3, 0.4) is 0 Å². The first-order valence-electron chi connectivity index (χ1n) is 6.87. The lowest BCUT2D eigenvalue weighted by molar-refractivity contribution is 0.0945. The summed E-state index contributed by atoms with van der Waals surface area (Å²) in [6.07, 6.45) is 0. The Morgan fingerprint density at radius 2 is 1.86 bits per heavy atom. The summed E-state index contributed by atoms with van der Waals surface area (Å²) in [4.78, 5) is 12.2. The maximum Gasteiger partial charge on any atom is 0.251 e. The van der Waals surface area contributed by atoms with E-state index in [2.05, 4.69) is 31.3 Å². The number of nitrogens with zero attached hydrogens (tertiary/aromatic N) is 1. The normalized spacial score (nSPS) is 10.7. The van der Waals surface area contributed by atoms with Crippen LogP contribution in [0.4, 0.5) is 0 Å². The topological polar surface area (TPSA) is 52.9 Å². The highest BCUT2D eigenvalue weighted by Gasteiger charge is 2.21. The van der Waals surface area contributed by atoms with Gasteiger partial charge in [0.15, 0.2) is 0 Å². The third-order valence-electron chi connectivity index (χ3n) is 3.50. The van der Waals surface area contributed by atoms with Crippen LogP contribution in [0.15, 0.2) is 54.6 Å². The van der Waals surface area contributed by atoms with E-state index in [0.29, 0.717) is 17.7 Å². The zero-order valence-corrected chi connectivity index (χ0v) is 12.3. The summed E-state index contributed by atoms with van der Waals surface area (Å²) in [6.45, 7) is 4.72. The molecule has 0 heterocycles. The van der Waals surface area contributed by atoms with Gasteiger partial charge in [-0.05, 0) is 23.8 Å². The third kappa shape index (κ3) is 3.70. The van der Waals surface area contributed by atoms with Crippen LogP contribution in [-0.2, 0) is 5.41 Å². The molecule has 0 radical (unpaired) electrons. The van der Waals surface area contributed by atoms with Gasteiger partial charge in [0.05, 0.1) is 11.6 Å². The van der Waals surface area contributed by atoms with Gasteiger partial charge in [0.25, 0.3) is 5.91 Å². The molecule has 0 saturated carbocycles. The molecule has 0 fully saturated rings. The first-order chi connectivity index (χ1) is 10.0. The predicted molar refractivity (Wildman–Crippen MR) is 83.0 cm³/mol. The third-order valence-corrected chi connectivity index (χ3v) is 3.50. The van der Waals surface area contributed by atoms with Crippen LogP contribution in [0.5, 0.6) is 0 Å². The molecular formula is C18H18N2O. The first-order valence-corrected chi connectivity index (χ1v) is 6.87. The van der Waals surface area contributed by atoms with Gasteiger partial charge in [-0.15, -0.1) is 0 Å². The minimum atomic E-state index is -0.156. The number of rotatable bonds is 4. The second kappa shape index (κ2) is 6.23. The predicted octanol–water partition coefficient (Wildman–Crippen LogP) is 3.27. The Kier molecular flexibility index (Phi) is 4.39. The van der Waals surface area contributed by atoms with Crippen molar-refractivity contribution >= 4 is 5.91 Å². The van der Waals surface area contributed by atoms with E-state index >= 15 is 0 Å². The van der Waals surface area contributed by atoms with Gasteiger partial charge in [0.2, 0.25) is 0 Å². The highest BCUT2D eigenvalue weighted by atomic mass is 16.1. The molecule has 0 aliphatic rings. The van der Waals surface area contributed by atoms with Crippen molar-refractivity contribution in [3.63, 3.8) is 0 Å². The highest BCUT2D eigenvalue weighted by molar-refractivity contribution is 5.94. The minimum absolute atomic E-state index is 0.149. The van der Waals surface area contributed by atoms with Crippen LogP contribution < -0.4 is 5.32 Å². The molecule has 0 spiro atoms. The van der Waals surface area contributed by atoms with Crippen molar-refractivity contribution in [2.75, 3.05) is 6.54 Å². The first kappa shape index (κ1) is 14.8. The zero-order chi connectivity index (χ0) is 15.3. The largest absolute Gasteiger partial charge is 0.351 e. The van der Waals surface area contributed by atoms with E-state index in [9.17, 15) is 4.79 Å². The van der Waals surface area contributed by atoms with Crippen LogP contribution in [0, 0.1) is 11.3 Å². The van der Waals surface area contributed by atoms with E-state index in [1.54, 1.807) is 24.3 Å². The molecule has 1 amide bonds. The number of nitriles is 1. The Hall–Kier alpha value is -2.60. The average Bonchev–Trinajstić information content (AvgIpc) is 2.53. The Labute approximate surface area is 125 Å². The molecule has 0 unspecified atom stereocenters.